The molecule has 0 aromatic heterocycles. The van der Waals surface area contributed by atoms with Crippen LogP contribution in [0.2, 0.25) is 0 Å². The number of carbonyl (C=O) groups excluding carboxylic acids is 4. The fourth-order valence-corrected chi connectivity index (χ4v) is 3.15. The van der Waals surface area contributed by atoms with Crippen molar-refractivity contribution in [3.8, 4) is 0 Å². The first-order chi connectivity index (χ1) is 13.3. The van der Waals surface area contributed by atoms with Gasteiger partial charge in [-0.3, -0.25) is 19.2 Å². The highest BCUT2D eigenvalue weighted by molar-refractivity contribution is 6.04. The number of ketones is 1. The van der Waals surface area contributed by atoms with E-state index in [0.29, 0.717) is 22.6 Å². The van der Waals surface area contributed by atoms with E-state index >= 15 is 0 Å². The van der Waals surface area contributed by atoms with Crippen LogP contribution >= 0.6 is 0 Å². The van der Waals surface area contributed by atoms with Gasteiger partial charge < -0.3 is 15.5 Å². The normalized spacial score (nSPS) is 16.0. The van der Waals surface area contributed by atoms with Crippen molar-refractivity contribution >= 4 is 40.6 Å². The van der Waals surface area contributed by atoms with Crippen molar-refractivity contribution in [2.24, 2.45) is 5.92 Å². The Kier molecular flexibility index (Phi) is 5.54. The van der Waals surface area contributed by atoms with Crippen molar-refractivity contribution in [1.82, 2.24) is 0 Å². The molecule has 1 atom stereocenters. The van der Waals surface area contributed by atoms with Crippen molar-refractivity contribution in [2.75, 3.05) is 22.1 Å². The van der Waals surface area contributed by atoms with Crippen LogP contribution in [-0.2, 0) is 14.4 Å². The summed E-state index contributed by atoms with van der Waals surface area (Å²) in [6.45, 7) is 3.12. The van der Waals surface area contributed by atoms with E-state index in [0.717, 1.165) is 0 Å². The molecule has 1 saturated heterocycles. The van der Waals surface area contributed by atoms with E-state index in [-0.39, 0.29) is 36.5 Å². The molecule has 1 heterocycles. The first-order valence-corrected chi connectivity index (χ1v) is 8.93. The maximum absolute atomic E-state index is 12.6. The number of anilines is 3. The third kappa shape index (κ3) is 4.43. The lowest BCUT2D eigenvalue weighted by atomic mass is 10.1. The zero-order valence-corrected chi connectivity index (χ0v) is 15.7. The second kappa shape index (κ2) is 8.04. The van der Waals surface area contributed by atoms with Crippen molar-refractivity contribution in [2.45, 2.75) is 20.3 Å². The van der Waals surface area contributed by atoms with Crippen molar-refractivity contribution in [3.05, 3.63) is 54.1 Å². The first kappa shape index (κ1) is 19.3. The zero-order chi connectivity index (χ0) is 20.3. The molecule has 0 bridgehead atoms. The molecule has 0 aliphatic carbocycles. The SMILES string of the molecule is CC(=O)Nc1cccc(N2CC(C(=O)Nc3cccc(C(C)=O)c3)CC2=O)c1. The summed E-state index contributed by atoms with van der Waals surface area (Å²) >= 11 is 0. The largest absolute Gasteiger partial charge is 0.326 e. The average Bonchev–Trinajstić information content (AvgIpc) is 3.03. The number of benzene rings is 2. The van der Waals surface area contributed by atoms with Crippen LogP contribution < -0.4 is 15.5 Å². The Hall–Kier alpha value is -3.48. The third-order valence-corrected chi connectivity index (χ3v) is 4.51. The Balaban J connectivity index is 1.70. The van der Waals surface area contributed by atoms with Gasteiger partial charge in [-0.2, -0.15) is 0 Å². The molecule has 28 heavy (non-hydrogen) atoms. The monoisotopic (exact) mass is 379 g/mol. The number of hydrogen-bond acceptors (Lipinski definition) is 4. The molecule has 2 aromatic carbocycles. The Bertz CT molecular complexity index is 954. The van der Waals surface area contributed by atoms with Gasteiger partial charge in [-0.25, -0.2) is 0 Å². The Labute approximate surface area is 162 Å². The van der Waals surface area contributed by atoms with Crippen LogP contribution in [0.25, 0.3) is 0 Å². The molecule has 7 heteroatoms. The molecule has 2 aromatic rings. The smallest absolute Gasteiger partial charge is 0.229 e. The van der Waals surface area contributed by atoms with Crippen molar-refractivity contribution in [1.29, 1.82) is 0 Å². The van der Waals surface area contributed by atoms with E-state index < -0.39 is 5.92 Å². The average molecular weight is 379 g/mol. The summed E-state index contributed by atoms with van der Waals surface area (Å²) in [4.78, 5) is 49.3. The Morgan fingerprint density at radius 2 is 1.64 bits per heavy atom. The molecule has 0 saturated carbocycles. The quantitative estimate of drug-likeness (QED) is 0.781. The number of rotatable bonds is 5. The summed E-state index contributed by atoms with van der Waals surface area (Å²) in [7, 11) is 0. The van der Waals surface area contributed by atoms with Gasteiger partial charge in [0.2, 0.25) is 17.7 Å². The van der Waals surface area contributed by atoms with Gasteiger partial charge >= 0.3 is 0 Å². The van der Waals surface area contributed by atoms with Crippen LogP contribution in [0.15, 0.2) is 48.5 Å². The highest BCUT2D eigenvalue weighted by Crippen LogP contribution is 2.28. The van der Waals surface area contributed by atoms with Crippen LogP contribution in [0.5, 0.6) is 0 Å². The molecule has 2 N–H and O–H groups in total. The molecule has 0 spiro atoms. The van der Waals surface area contributed by atoms with Gasteiger partial charge in [-0.1, -0.05) is 18.2 Å². The van der Waals surface area contributed by atoms with Crippen LogP contribution in [0, 0.1) is 5.92 Å². The minimum atomic E-state index is -0.502. The van der Waals surface area contributed by atoms with Crippen LogP contribution in [-0.4, -0.2) is 30.0 Å². The van der Waals surface area contributed by atoms with Gasteiger partial charge in [0.1, 0.15) is 0 Å². The second-order valence-electron chi connectivity index (χ2n) is 6.76. The molecule has 7 nitrogen and oxygen atoms in total. The fourth-order valence-electron chi connectivity index (χ4n) is 3.15. The minimum absolute atomic E-state index is 0.0858. The lowest BCUT2D eigenvalue weighted by Crippen LogP contribution is -2.28. The predicted molar refractivity (Wildman–Crippen MR) is 106 cm³/mol. The number of amides is 3. The van der Waals surface area contributed by atoms with Gasteiger partial charge in [0, 0.05) is 42.5 Å². The minimum Gasteiger partial charge on any atom is -0.326 e. The molecule has 3 rings (SSSR count). The predicted octanol–water partition coefficient (Wildman–Crippen LogP) is 2.84. The summed E-state index contributed by atoms with van der Waals surface area (Å²) in [6.07, 6.45) is 0.0998. The molecule has 3 amide bonds. The van der Waals surface area contributed by atoms with Crippen molar-refractivity contribution < 1.29 is 19.2 Å². The zero-order valence-electron chi connectivity index (χ0n) is 15.7. The summed E-state index contributed by atoms with van der Waals surface area (Å²) < 4.78 is 0. The lowest BCUT2D eigenvalue weighted by Gasteiger charge is -2.18. The van der Waals surface area contributed by atoms with Gasteiger partial charge in [-0.05, 0) is 37.3 Å². The van der Waals surface area contributed by atoms with Crippen LogP contribution in [0.4, 0.5) is 17.1 Å². The van der Waals surface area contributed by atoms with Gasteiger partial charge in [0.15, 0.2) is 5.78 Å². The van der Waals surface area contributed by atoms with E-state index in [1.54, 1.807) is 53.4 Å². The molecule has 1 aliphatic rings. The van der Waals surface area contributed by atoms with E-state index in [4.69, 9.17) is 0 Å². The van der Waals surface area contributed by atoms with Gasteiger partial charge in [0.25, 0.3) is 0 Å². The number of hydrogen-bond donors (Lipinski definition) is 2. The molecular weight excluding hydrogens is 358 g/mol. The topological polar surface area (TPSA) is 95.6 Å². The summed E-state index contributed by atoms with van der Waals surface area (Å²) in [5.41, 5.74) is 2.25. The Morgan fingerprint density at radius 1 is 0.964 bits per heavy atom. The second-order valence-corrected chi connectivity index (χ2v) is 6.76. The highest BCUT2D eigenvalue weighted by atomic mass is 16.2. The van der Waals surface area contributed by atoms with Gasteiger partial charge in [-0.15, -0.1) is 0 Å². The van der Waals surface area contributed by atoms with Crippen molar-refractivity contribution in [3.63, 3.8) is 0 Å². The summed E-state index contributed by atoms with van der Waals surface area (Å²) in [5.74, 6) is -1.21. The van der Waals surface area contributed by atoms with E-state index in [1.807, 2.05) is 0 Å². The number of carbonyl (C=O) groups is 4. The number of Topliss-reactive ketones (excluding diaryl/α,β-unsaturated/α-hetero) is 1. The van der Waals surface area contributed by atoms with E-state index in [1.165, 1.54) is 13.8 Å². The lowest BCUT2D eigenvalue weighted by molar-refractivity contribution is -0.122. The Morgan fingerprint density at radius 3 is 2.32 bits per heavy atom. The molecule has 0 radical (unpaired) electrons. The van der Waals surface area contributed by atoms with Crippen LogP contribution in [0.3, 0.4) is 0 Å². The summed E-state index contributed by atoms with van der Waals surface area (Å²) in [6, 6.07) is 13.6. The molecule has 1 fully saturated rings. The van der Waals surface area contributed by atoms with Crippen LogP contribution in [0.1, 0.15) is 30.6 Å². The molecule has 144 valence electrons. The summed E-state index contributed by atoms with van der Waals surface area (Å²) in [5, 5.41) is 5.46. The van der Waals surface area contributed by atoms with Gasteiger partial charge in [0.05, 0.1) is 5.92 Å². The number of nitrogens with one attached hydrogen (secondary N) is 2. The maximum atomic E-state index is 12.6. The fraction of sp³-hybridized carbons (Fsp3) is 0.238. The number of nitrogens with zero attached hydrogens (tertiary/aromatic N) is 1. The molecular formula is C21H21N3O4. The standard InChI is InChI=1S/C21H21N3O4/c1-13(25)15-5-3-6-17(9-15)23-21(28)16-10-20(27)24(12-16)19-8-4-7-18(11-19)22-14(2)26/h3-9,11,16H,10,12H2,1-2H3,(H,22,26)(H,23,28). The molecule has 1 unspecified atom stereocenters. The first-order valence-electron chi connectivity index (χ1n) is 8.93. The van der Waals surface area contributed by atoms with E-state index in [9.17, 15) is 19.2 Å². The molecule has 1 aliphatic heterocycles. The third-order valence-electron chi connectivity index (χ3n) is 4.51. The van der Waals surface area contributed by atoms with E-state index in [2.05, 4.69) is 10.6 Å². The highest BCUT2D eigenvalue weighted by Gasteiger charge is 2.35. The maximum Gasteiger partial charge on any atom is 0.229 e.